The Morgan fingerprint density at radius 2 is 1.77 bits per heavy atom. The zero-order valence-electron chi connectivity index (χ0n) is 15.5. The molecule has 2 aromatic rings. The summed E-state index contributed by atoms with van der Waals surface area (Å²) < 4.78 is 48.3. The predicted molar refractivity (Wildman–Crippen MR) is 98.3 cm³/mol. The molecule has 7 nitrogen and oxygen atoms in total. The highest BCUT2D eigenvalue weighted by Crippen LogP contribution is 2.38. The van der Waals surface area contributed by atoms with E-state index in [4.69, 9.17) is 14.9 Å². The average molecular weight is 426 g/mol. The van der Waals surface area contributed by atoms with Gasteiger partial charge < -0.3 is 24.8 Å². The van der Waals surface area contributed by atoms with Gasteiger partial charge in [0.25, 0.3) is 0 Å². The van der Waals surface area contributed by atoms with Gasteiger partial charge in [0, 0.05) is 11.6 Å². The fraction of sp³-hybridized carbons (Fsp3) is 0.200. The summed E-state index contributed by atoms with van der Waals surface area (Å²) in [6.45, 7) is 1.44. The number of carbonyl (C=O) groups excluding carboxylic acids is 2. The normalized spacial score (nSPS) is 14.9. The van der Waals surface area contributed by atoms with Crippen molar-refractivity contribution in [3.63, 3.8) is 0 Å². The first-order chi connectivity index (χ1) is 14.1. The lowest BCUT2D eigenvalue weighted by molar-refractivity contribution is -0.187. The van der Waals surface area contributed by atoms with Crippen molar-refractivity contribution in [1.82, 2.24) is 0 Å². The van der Waals surface area contributed by atoms with E-state index in [2.05, 4.69) is 4.74 Å². The van der Waals surface area contributed by atoms with E-state index in [0.717, 1.165) is 12.1 Å². The number of rotatable bonds is 3. The summed E-state index contributed by atoms with van der Waals surface area (Å²) in [6.07, 6.45) is -5.57. The third kappa shape index (κ3) is 5.43. The maximum Gasteiger partial charge on any atom is 0.430 e. The zero-order chi connectivity index (χ0) is 22.5. The largest absolute Gasteiger partial charge is 0.508 e. The molecule has 1 unspecified atom stereocenters. The molecular weight excluding hydrogens is 409 g/mol. The molecule has 1 aliphatic heterocycles. The molecule has 0 spiro atoms. The minimum atomic E-state index is -4.74. The number of esters is 1. The van der Waals surface area contributed by atoms with E-state index in [0.29, 0.717) is 6.29 Å². The molecule has 2 aromatic carbocycles. The van der Waals surface area contributed by atoms with Gasteiger partial charge >= 0.3 is 12.1 Å². The van der Waals surface area contributed by atoms with E-state index >= 15 is 0 Å². The van der Waals surface area contributed by atoms with Crippen LogP contribution < -0.4 is 4.74 Å². The van der Waals surface area contributed by atoms with E-state index < -0.39 is 23.8 Å². The molecule has 0 amide bonds. The summed E-state index contributed by atoms with van der Waals surface area (Å²) >= 11 is 0. The molecular formula is C20H17F3O7. The highest BCUT2D eigenvalue weighted by Gasteiger charge is 2.48. The monoisotopic (exact) mass is 426 g/mol. The van der Waals surface area contributed by atoms with Crippen LogP contribution in [-0.4, -0.2) is 46.5 Å². The number of hydrogen-bond acceptors (Lipinski definition) is 7. The number of hydrogen-bond donors (Lipinski definition) is 3. The van der Waals surface area contributed by atoms with Gasteiger partial charge in [-0.15, -0.1) is 0 Å². The molecule has 0 saturated heterocycles. The fourth-order valence-electron chi connectivity index (χ4n) is 2.44. The summed E-state index contributed by atoms with van der Waals surface area (Å²) in [6, 6.07) is 7.42. The Balaban J connectivity index is 0.000000269. The molecule has 30 heavy (non-hydrogen) atoms. The van der Waals surface area contributed by atoms with E-state index in [1.165, 1.54) is 37.3 Å². The quantitative estimate of drug-likeness (QED) is 0.508. The Hall–Kier alpha value is -3.69. The van der Waals surface area contributed by atoms with Crippen LogP contribution >= 0.6 is 0 Å². The maximum absolute atomic E-state index is 12.9. The van der Waals surface area contributed by atoms with E-state index in [9.17, 15) is 27.9 Å². The van der Waals surface area contributed by atoms with Crippen LogP contribution in [0.2, 0.25) is 0 Å². The van der Waals surface area contributed by atoms with Crippen LogP contribution in [0, 0.1) is 0 Å². The molecule has 160 valence electrons. The molecule has 0 saturated carbocycles. The molecule has 0 fully saturated rings. The smallest absolute Gasteiger partial charge is 0.430 e. The van der Waals surface area contributed by atoms with E-state index in [1.54, 1.807) is 0 Å². The van der Waals surface area contributed by atoms with Crippen LogP contribution in [0.1, 0.15) is 22.8 Å². The molecule has 0 aromatic heterocycles. The highest BCUT2D eigenvalue weighted by atomic mass is 19.4. The SMILES string of the molecule is CCOC(=O)C1=Cc2cc(O)ccc2OC1C(F)(F)F.O=Cc1ccc(O)cc1O. The van der Waals surface area contributed by atoms with Gasteiger partial charge in [0.1, 0.15) is 23.0 Å². The first-order valence-corrected chi connectivity index (χ1v) is 8.49. The van der Waals surface area contributed by atoms with Crippen LogP contribution in [0.3, 0.4) is 0 Å². The minimum absolute atomic E-state index is 0.0480. The third-order valence-electron chi connectivity index (χ3n) is 3.78. The molecule has 0 aliphatic carbocycles. The Morgan fingerprint density at radius 3 is 2.33 bits per heavy atom. The lowest BCUT2D eigenvalue weighted by Crippen LogP contribution is -2.40. The average Bonchev–Trinajstić information content (AvgIpc) is 2.67. The molecule has 3 N–H and O–H groups in total. The first kappa shape index (κ1) is 22.6. The van der Waals surface area contributed by atoms with Crippen LogP contribution in [0.4, 0.5) is 13.2 Å². The van der Waals surface area contributed by atoms with Crippen molar-refractivity contribution < 1.29 is 47.6 Å². The molecule has 10 heteroatoms. The Morgan fingerprint density at radius 1 is 1.13 bits per heavy atom. The zero-order valence-corrected chi connectivity index (χ0v) is 15.5. The summed E-state index contributed by atoms with van der Waals surface area (Å²) in [5, 5.41) is 27.0. The van der Waals surface area contributed by atoms with Crippen molar-refractivity contribution in [2.45, 2.75) is 19.2 Å². The number of halogens is 3. The fourth-order valence-corrected chi connectivity index (χ4v) is 2.44. The molecule has 0 bridgehead atoms. The number of alkyl halides is 3. The first-order valence-electron chi connectivity index (χ1n) is 8.49. The van der Waals surface area contributed by atoms with Crippen molar-refractivity contribution in [3.05, 3.63) is 53.1 Å². The Kier molecular flexibility index (Phi) is 6.93. The lowest BCUT2D eigenvalue weighted by atomic mass is 10.0. The maximum atomic E-state index is 12.9. The second-order valence-electron chi connectivity index (χ2n) is 5.94. The van der Waals surface area contributed by atoms with E-state index in [-0.39, 0.29) is 40.7 Å². The van der Waals surface area contributed by atoms with Crippen molar-refractivity contribution in [1.29, 1.82) is 0 Å². The van der Waals surface area contributed by atoms with Gasteiger partial charge in [-0.05, 0) is 43.3 Å². The van der Waals surface area contributed by atoms with Crippen molar-refractivity contribution in [2.24, 2.45) is 0 Å². The predicted octanol–water partition coefficient (Wildman–Crippen LogP) is 3.57. The molecule has 1 aliphatic rings. The van der Waals surface area contributed by atoms with Gasteiger partial charge in [-0.1, -0.05) is 0 Å². The number of ether oxygens (including phenoxy) is 2. The van der Waals surface area contributed by atoms with Crippen molar-refractivity contribution in [3.8, 4) is 23.0 Å². The number of carbonyl (C=O) groups is 2. The number of phenolic OH excluding ortho intramolecular Hbond substituents is 3. The van der Waals surface area contributed by atoms with Crippen LogP contribution in [0.5, 0.6) is 23.0 Å². The third-order valence-corrected chi connectivity index (χ3v) is 3.78. The summed E-state index contributed by atoms with van der Waals surface area (Å²) in [5.74, 6) is -1.54. The second kappa shape index (κ2) is 9.21. The van der Waals surface area contributed by atoms with Gasteiger partial charge in [-0.3, -0.25) is 4.79 Å². The number of aromatic hydroxyl groups is 3. The van der Waals surface area contributed by atoms with Crippen molar-refractivity contribution in [2.75, 3.05) is 6.61 Å². The highest BCUT2D eigenvalue weighted by molar-refractivity contribution is 5.96. The van der Waals surface area contributed by atoms with Gasteiger partial charge in [-0.25, -0.2) is 4.79 Å². The topological polar surface area (TPSA) is 113 Å². The van der Waals surface area contributed by atoms with Gasteiger partial charge in [-0.2, -0.15) is 13.2 Å². The molecule has 1 heterocycles. The lowest BCUT2D eigenvalue weighted by Gasteiger charge is -2.27. The van der Waals surface area contributed by atoms with Gasteiger partial charge in [0.05, 0.1) is 17.7 Å². The molecule has 3 rings (SSSR count). The van der Waals surface area contributed by atoms with Crippen LogP contribution in [0.25, 0.3) is 6.08 Å². The number of phenols is 3. The van der Waals surface area contributed by atoms with Crippen LogP contribution in [0.15, 0.2) is 42.0 Å². The van der Waals surface area contributed by atoms with Gasteiger partial charge in [0.2, 0.25) is 6.10 Å². The molecule has 0 radical (unpaired) electrons. The molecule has 1 atom stereocenters. The standard InChI is InChI=1S/C13H11F3O4.C7H6O3/c1-2-19-12(18)9-6-7-5-8(17)3-4-10(7)20-11(9)13(14,15)16;8-4-5-1-2-6(9)3-7(5)10/h3-6,11,17H,2H2,1H3;1-4,9-10H. The van der Waals surface area contributed by atoms with Crippen LogP contribution in [-0.2, 0) is 9.53 Å². The number of aldehydes is 1. The van der Waals surface area contributed by atoms with E-state index in [1.807, 2.05) is 0 Å². The summed E-state index contributed by atoms with van der Waals surface area (Å²) in [7, 11) is 0. The Labute approximate surface area is 168 Å². The minimum Gasteiger partial charge on any atom is -0.508 e. The summed E-state index contributed by atoms with van der Waals surface area (Å²) in [5.41, 5.74) is -0.274. The number of fused-ring (bicyclic) bond motifs is 1. The summed E-state index contributed by atoms with van der Waals surface area (Å²) in [4.78, 5) is 21.7. The Bertz CT molecular complexity index is 967. The van der Waals surface area contributed by atoms with Gasteiger partial charge in [0.15, 0.2) is 6.29 Å². The number of benzene rings is 2. The second-order valence-corrected chi connectivity index (χ2v) is 5.94. The van der Waals surface area contributed by atoms with Crippen molar-refractivity contribution >= 4 is 18.3 Å².